The Balaban J connectivity index is 1.39. The third-order valence-corrected chi connectivity index (χ3v) is 20.3. The van der Waals surface area contributed by atoms with Gasteiger partial charge in [0, 0.05) is 96.1 Å². The summed E-state index contributed by atoms with van der Waals surface area (Å²) in [5, 5.41) is 79.9. The molecule has 103 heavy (non-hydrogen) atoms. The van der Waals surface area contributed by atoms with E-state index >= 15 is 0 Å². The van der Waals surface area contributed by atoms with Gasteiger partial charge in [-0.15, -0.1) is 0 Å². The van der Waals surface area contributed by atoms with Crippen molar-refractivity contribution in [3.63, 3.8) is 0 Å². The summed E-state index contributed by atoms with van der Waals surface area (Å²) in [7, 11) is 1.83. The van der Waals surface area contributed by atoms with Crippen LogP contribution in [-0.4, -0.2) is 300 Å². The van der Waals surface area contributed by atoms with E-state index in [-0.39, 0.29) is 136 Å². The van der Waals surface area contributed by atoms with Gasteiger partial charge < -0.3 is 88.7 Å². The minimum Gasteiger partial charge on any atom is -0.481 e. The van der Waals surface area contributed by atoms with Crippen LogP contribution in [0.1, 0.15) is 122 Å². The van der Waals surface area contributed by atoms with E-state index in [0.717, 1.165) is 34.9 Å². The van der Waals surface area contributed by atoms with Crippen LogP contribution in [0.3, 0.4) is 0 Å². The van der Waals surface area contributed by atoms with Crippen LogP contribution in [0.2, 0.25) is 0 Å². The standard InChI is InChI=1S/C65H98N14O22S2/c1-3-4-6-18-50(82)68-45-37-103-102-36-44(60(95)72-43(33-52(85)86)59(94)69-40(56(66)91)15-9-10-23-67-49(81)21-20-48(65(100)101)77-30-28-75(34-53(87)88)26-27-76(29-31-77)35-54(89)90)73-58(93)42(32-39-13-7-5-8-14-39)71-57(92)41(19-22-51(83)84)70-62(97)55(38(2)80)74-61(96)46-16-11-24-78(46)64(99)47-17-12-25-79(47)63(45)98/h5,7-8,13-14,38,40-48,55,80H,3-4,6,9-12,15-37H2,1-2H3,(H2,66,91)(H,67,81)(H,68,82)(H,69,94)(H,70,97)(H,71,92)(H,72,95)(H,73,93)(H,74,96)(H,83,84)(H,85,86)(H,87,88)(H,89,90)(H,100,101)/t38-,40+,41+,42+,43+,44+,45+,46+,47+,48-,55+/m1/s1. The van der Waals surface area contributed by atoms with Gasteiger partial charge in [0.25, 0.3) is 0 Å². The number of nitrogens with two attached hydrogens (primary N) is 1. The summed E-state index contributed by atoms with van der Waals surface area (Å²) in [5.74, 6) is -17.2. The fourth-order valence-electron chi connectivity index (χ4n) is 12.3. The Morgan fingerprint density at radius 2 is 1.20 bits per heavy atom. The zero-order valence-electron chi connectivity index (χ0n) is 57.8. The van der Waals surface area contributed by atoms with Crippen LogP contribution in [0, 0.1) is 0 Å². The second-order valence-electron chi connectivity index (χ2n) is 25.8. The molecule has 572 valence electrons. The first-order chi connectivity index (χ1) is 49.0. The molecule has 4 saturated heterocycles. The maximum absolute atomic E-state index is 14.8. The van der Waals surface area contributed by atoms with Crippen LogP contribution in [0.15, 0.2) is 30.3 Å². The zero-order valence-corrected chi connectivity index (χ0v) is 59.4. The highest BCUT2D eigenvalue weighted by molar-refractivity contribution is 8.76. The molecule has 4 aliphatic rings. The van der Waals surface area contributed by atoms with Gasteiger partial charge in [0.05, 0.1) is 25.6 Å². The molecular weight excluding hydrogens is 1390 g/mol. The van der Waals surface area contributed by atoms with Crippen molar-refractivity contribution in [2.45, 2.75) is 190 Å². The van der Waals surface area contributed by atoms with E-state index in [1.165, 1.54) is 9.80 Å². The highest BCUT2D eigenvalue weighted by Crippen LogP contribution is 2.29. The molecule has 1 aromatic rings. The molecule has 36 nitrogen and oxygen atoms in total. The third-order valence-electron chi connectivity index (χ3n) is 17.9. The lowest BCUT2D eigenvalue weighted by Crippen LogP contribution is -2.62. The lowest BCUT2D eigenvalue weighted by molar-refractivity contribution is -0.148. The molecule has 1 aromatic carbocycles. The number of hydrogen-bond acceptors (Lipinski definition) is 22. The topological polar surface area (TPSA) is 533 Å². The molecule has 0 aliphatic carbocycles. The van der Waals surface area contributed by atoms with Crippen LogP contribution in [0.4, 0.5) is 0 Å². The summed E-state index contributed by atoms with van der Waals surface area (Å²) >= 11 is 0. The maximum atomic E-state index is 14.8. The Labute approximate surface area is 602 Å². The van der Waals surface area contributed by atoms with E-state index in [1.807, 2.05) is 6.92 Å². The van der Waals surface area contributed by atoms with E-state index in [2.05, 4.69) is 42.5 Å². The first-order valence-corrected chi connectivity index (χ1v) is 37.0. The molecule has 5 rings (SSSR count). The number of hydrogen-bond donors (Lipinski definition) is 15. The third kappa shape index (κ3) is 28.8. The summed E-state index contributed by atoms with van der Waals surface area (Å²) in [4.78, 5) is 223. The summed E-state index contributed by atoms with van der Waals surface area (Å²) < 4.78 is 0. The van der Waals surface area contributed by atoms with Crippen molar-refractivity contribution in [2.24, 2.45) is 5.73 Å². The number of primary amides is 1. The minimum atomic E-state index is -1.99. The molecule has 0 unspecified atom stereocenters. The number of rotatable bonds is 32. The molecule has 11 amide bonds. The van der Waals surface area contributed by atoms with Gasteiger partial charge in [0.15, 0.2) is 0 Å². The zero-order chi connectivity index (χ0) is 75.9. The molecule has 16 N–H and O–H groups in total. The van der Waals surface area contributed by atoms with E-state index in [4.69, 9.17) is 5.73 Å². The molecule has 0 saturated carbocycles. The van der Waals surface area contributed by atoms with E-state index in [0.29, 0.717) is 31.2 Å². The molecule has 0 aromatic heterocycles. The maximum Gasteiger partial charge on any atom is 0.320 e. The quantitative estimate of drug-likeness (QED) is 0.0245. The number of carboxylic acids is 5. The number of amides is 11. The smallest absolute Gasteiger partial charge is 0.320 e. The first kappa shape index (κ1) is 84.9. The lowest BCUT2D eigenvalue weighted by atomic mass is 10.0. The molecule has 0 radical (unpaired) electrons. The van der Waals surface area contributed by atoms with Gasteiger partial charge in [0.2, 0.25) is 65.0 Å². The number of fused-ring (bicyclic) bond motifs is 2. The molecule has 38 heteroatoms. The monoisotopic (exact) mass is 1490 g/mol. The molecule has 11 atom stereocenters. The van der Waals surface area contributed by atoms with Gasteiger partial charge in [-0.1, -0.05) is 71.7 Å². The summed E-state index contributed by atoms with van der Waals surface area (Å²) in [5.41, 5.74) is 6.14. The Kier molecular flexibility index (Phi) is 35.8. The van der Waals surface area contributed by atoms with Crippen molar-refractivity contribution in [3.05, 3.63) is 35.9 Å². The van der Waals surface area contributed by atoms with Crippen molar-refractivity contribution in [2.75, 3.05) is 83.5 Å². The summed E-state index contributed by atoms with van der Waals surface area (Å²) in [6.45, 7) is 3.46. The molecule has 4 heterocycles. The Hall–Kier alpha value is -8.72. The van der Waals surface area contributed by atoms with E-state index in [1.54, 1.807) is 45.0 Å². The number of benzene rings is 1. The number of carbonyl (C=O) groups excluding carboxylic acids is 11. The van der Waals surface area contributed by atoms with Gasteiger partial charge in [-0.3, -0.25) is 91.4 Å². The van der Waals surface area contributed by atoms with E-state index < -0.39 is 186 Å². The first-order valence-electron chi connectivity index (χ1n) is 34.5. The van der Waals surface area contributed by atoms with Gasteiger partial charge >= 0.3 is 29.8 Å². The number of nitrogens with one attached hydrogen (secondary N) is 8. The number of aliphatic hydroxyl groups excluding tert-OH is 1. The number of carboxylic acid groups (broad SMARTS) is 5. The van der Waals surface area contributed by atoms with Crippen molar-refractivity contribution in [1.29, 1.82) is 0 Å². The fourth-order valence-corrected chi connectivity index (χ4v) is 14.7. The second kappa shape index (κ2) is 43.4. The van der Waals surface area contributed by atoms with Gasteiger partial charge in [0.1, 0.15) is 60.4 Å². The van der Waals surface area contributed by atoms with Gasteiger partial charge in [-0.05, 0) is 76.7 Å². The van der Waals surface area contributed by atoms with Crippen LogP contribution in [0.5, 0.6) is 0 Å². The molecular formula is C65H98N14O22S2. The molecule has 4 aliphatic heterocycles. The Morgan fingerprint density at radius 1 is 0.602 bits per heavy atom. The average Bonchev–Trinajstić information content (AvgIpc) is 1.68. The predicted octanol–water partition coefficient (Wildman–Crippen LogP) is -3.61. The highest BCUT2D eigenvalue weighted by atomic mass is 33.1. The van der Waals surface area contributed by atoms with Gasteiger partial charge in [-0.25, -0.2) is 0 Å². The summed E-state index contributed by atoms with van der Waals surface area (Å²) in [6, 6.07) is -7.27. The molecule has 0 bridgehead atoms. The van der Waals surface area contributed by atoms with Crippen LogP contribution < -0.4 is 48.3 Å². The van der Waals surface area contributed by atoms with Crippen molar-refractivity contribution < 1.29 is 107 Å². The summed E-state index contributed by atoms with van der Waals surface area (Å²) in [6.07, 6.45) is -1.84. The Bertz CT molecular complexity index is 3130. The molecule has 4 fully saturated rings. The average molecular weight is 1490 g/mol. The van der Waals surface area contributed by atoms with Gasteiger partial charge in [-0.2, -0.15) is 0 Å². The fraction of sp³-hybridized carbons (Fsp3) is 0.662. The molecule has 0 spiro atoms. The number of carbonyl (C=O) groups is 16. The normalized spacial score (nSPS) is 23.2. The second-order valence-corrected chi connectivity index (χ2v) is 28.3. The minimum absolute atomic E-state index is 0.0120. The lowest BCUT2D eigenvalue weighted by Gasteiger charge is -2.33. The van der Waals surface area contributed by atoms with Crippen molar-refractivity contribution in [3.8, 4) is 0 Å². The largest absolute Gasteiger partial charge is 0.481 e. The number of nitrogens with zero attached hydrogens (tertiary/aromatic N) is 5. The van der Waals surface area contributed by atoms with Crippen molar-refractivity contribution >= 4 is 116 Å². The number of aliphatic hydroxyl groups is 1. The van der Waals surface area contributed by atoms with Crippen LogP contribution in [0.25, 0.3) is 0 Å². The number of aliphatic carboxylic acids is 5. The number of unbranched alkanes of at least 4 members (excludes halogenated alkanes) is 3. The Morgan fingerprint density at radius 3 is 1.80 bits per heavy atom. The highest BCUT2D eigenvalue weighted by Gasteiger charge is 2.45. The SMILES string of the molecule is CCCCCC(=O)N[C@H]1CSSC[C@@H](C(=O)N[C@@H](CC(=O)O)C(=O)N[C@@H](CCCCNC(=O)CC[C@H](C(=O)O)N2CCN(CC(=O)O)CCN(CC(=O)O)CC2)C(N)=O)NC(=O)[C@H](Cc2ccccc2)NC(=O)[C@H](CCC(=O)O)NC(=O)[C@H]([C@@H](C)O)NC(=O)[C@@H]2CCCN2C(=O)[C@@H]2CCCN2C1=O. The van der Waals surface area contributed by atoms with Crippen LogP contribution in [-0.2, 0) is 83.1 Å². The predicted molar refractivity (Wildman–Crippen MR) is 369 cm³/mol. The van der Waals surface area contributed by atoms with E-state index in [9.17, 15) is 107 Å². The van der Waals surface area contributed by atoms with Crippen LogP contribution >= 0.6 is 21.6 Å². The van der Waals surface area contributed by atoms with Crippen molar-refractivity contribution in [1.82, 2.24) is 67.0 Å².